The average Bonchev–Trinajstić information content (AvgIpc) is 2.73. The van der Waals surface area contributed by atoms with Crippen LogP contribution in [0.5, 0.6) is 5.75 Å². The molecule has 0 aromatic heterocycles. The number of carbonyl (C=O) groups excluding carboxylic acids is 1. The number of hydrogen-bond acceptors (Lipinski definition) is 4. The highest BCUT2D eigenvalue weighted by Crippen LogP contribution is 2.23. The van der Waals surface area contributed by atoms with Crippen LogP contribution in [0.2, 0.25) is 0 Å². The molecule has 0 bridgehead atoms. The van der Waals surface area contributed by atoms with Crippen LogP contribution >= 0.6 is 0 Å². The molecule has 0 aliphatic carbocycles. The minimum absolute atomic E-state index is 0.213. The number of carbonyl (C=O) groups is 1. The van der Waals surface area contributed by atoms with Crippen molar-refractivity contribution in [2.24, 2.45) is 0 Å². The summed E-state index contributed by atoms with van der Waals surface area (Å²) < 4.78 is 28.9. The second-order valence-corrected chi connectivity index (χ2v) is 8.83. The molecule has 0 N–H and O–H groups in total. The first-order chi connectivity index (χ1) is 13.8. The number of nitrogens with zero attached hydrogens (tertiary/aromatic N) is 1. The van der Waals surface area contributed by atoms with Crippen molar-refractivity contribution in [3.63, 3.8) is 0 Å². The summed E-state index contributed by atoms with van der Waals surface area (Å²) in [6, 6.07) is 23.8. The lowest BCUT2D eigenvalue weighted by molar-refractivity contribution is -0.124. The molecular formula is C23H23NO4S. The van der Waals surface area contributed by atoms with Gasteiger partial charge in [-0.05, 0) is 54.4 Å². The number of ether oxygens (including phenoxy) is 1. The van der Waals surface area contributed by atoms with Gasteiger partial charge in [0.25, 0.3) is 5.91 Å². The van der Waals surface area contributed by atoms with Crippen LogP contribution in [0, 0.1) is 0 Å². The normalized spacial score (nSPS) is 12.2. The Kier molecular flexibility index (Phi) is 6.03. The molecule has 0 fully saturated rings. The van der Waals surface area contributed by atoms with Gasteiger partial charge in [-0.1, -0.05) is 42.5 Å². The summed E-state index contributed by atoms with van der Waals surface area (Å²) in [5.41, 5.74) is 2.78. The van der Waals surface area contributed by atoms with Crippen molar-refractivity contribution in [3.05, 3.63) is 78.9 Å². The van der Waals surface area contributed by atoms with Crippen LogP contribution in [0.1, 0.15) is 6.92 Å². The van der Waals surface area contributed by atoms with E-state index in [0.717, 1.165) is 17.4 Å². The van der Waals surface area contributed by atoms with Gasteiger partial charge in [0.05, 0.1) is 4.90 Å². The Hall–Kier alpha value is -3.12. The molecule has 0 aliphatic rings. The van der Waals surface area contributed by atoms with Crippen molar-refractivity contribution in [3.8, 4) is 16.9 Å². The third-order valence-electron chi connectivity index (χ3n) is 4.60. The van der Waals surface area contributed by atoms with E-state index < -0.39 is 15.9 Å². The van der Waals surface area contributed by atoms with Gasteiger partial charge < -0.3 is 9.64 Å². The molecule has 0 saturated heterocycles. The predicted molar refractivity (Wildman–Crippen MR) is 115 cm³/mol. The first kappa shape index (κ1) is 20.6. The van der Waals surface area contributed by atoms with Gasteiger partial charge in [-0.15, -0.1) is 0 Å². The summed E-state index contributed by atoms with van der Waals surface area (Å²) in [5, 5.41) is 0. The highest BCUT2D eigenvalue weighted by molar-refractivity contribution is 7.90. The first-order valence-corrected chi connectivity index (χ1v) is 11.0. The van der Waals surface area contributed by atoms with Crippen molar-refractivity contribution < 1.29 is 17.9 Å². The average molecular weight is 410 g/mol. The topological polar surface area (TPSA) is 63.7 Å². The zero-order valence-electron chi connectivity index (χ0n) is 16.6. The summed E-state index contributed by atoms with van der Waals surface area (Å²) in [4.78, 5) is 14.4. The number of rotatable bonds is 6. The lowest BCUT2D eigenvalue weighted by Gasteiger charge is -2.22. The van der Waals surface area contributed by atoms with Gasteiger partial charge in [-0.25, -0.2) is 8.42 Å². The number of hydrogen-bond donors (Lipinski definition) is 0. The number of likely N-dealkylation sites (N-methyl/N-ethyl adjacent to an activating group) is 1. The minimum atomic E-state index is -3.27. The van der Waals surface area contributed by atoms with E-state index in [4.69, 9.17) is 4.74 Å². The van der Waals surface area contributed by atoms with Crippen LogP contribution in [0.3, 0.4) is 0 Å². The van der Waals surface area contributed by atoms with Crippen molar-refractivity contribution >= 4 is 21.4 Å². The maximum absolute atomic E-state index is 12.7. The Balaban J connectivity index is 1.67. The van der Waals surface area contributed by atoms with Gasteiger partial charge in [0.15, 0.2) is 15.9 Å². The zero-order chi connectivity index (χ0) is 21.0. The molecule has 3 aromatic rings. The quantitative estimate of drug-likeness (QED) is 0.612. The fourth-order valence-corrected chi connectivity index (χ4v) is 3.56. The Bertz CT molecular complexity index is 1080. The van der Waals surface area contributed by atoms with E-state index in [9.17, 15) is 13.2 Å². The molecule has 1 unspecified atom stereocenters. The number of sulfone groups is 1. The second kappa shape index (κ2) is 8.49. The van der Waals surface area contributed by atoms with Crippen LogP contribution in [-0.4, -0.2) is 33.7 Å². The van der Waals surface area contributed by atoms with Crippen molar-refractivity contribution in [1.82, 2.24) is 0 Å². The van der Waals surface area contributed by atoms with Crippen molar-refractivity contribution in [2.75, 3.05) is 18.2 Å². The van der Waals surface area contributed by atoms with Gasteiger partial charge in [0, 0.05) is 19.0 Å². The summed E-state index contributed by atoms with van der Waals surface area (Å²) in [6.45, 7) is 1.69. The van der Waals surface area contributed by atoms with Gasteiger partial charge in [-0.2, -0.15) is 0 Å². The molecule has 6 heteroatoms. The lowest BCUT2D eigenvalue weighted by atomic mass is 10.1. The van der Waals surface area contributed by atoms with Gasteiger partial charge in [0.1, 0.15) is 5.75 Å². The lowest BCUT2D eigenvalue weighted by Crippen LogP contribution is -2.38. The molecule has 0 heterocycles. The van der Waals surface area contributed by atoms with Crippen molar-refractivity contribution in [2.45, 2.75) is 17.9 Å². The molecule has 0 aliphatic heterocycles. The standard InChI is InChI=1S/C23H23NO4S/c1-17(23(25)24(2)20-11-15-22(16-12-20)29(3,26)27)28-21-13-9-19(10-14-21)18-7-5-4-6-8-18/h4-17H,1-3H3. The Morgan fingerprint density at radius 1 is 0.862 bits per heavy atom. The van der Waals surface area contributed by atoms with E-state index in [0.29, 0.717) is 11.4 Å². The molecule has 3 rings (SSSR count). The predicted octanol–water partition coefficient (Wildman–Crippen LogP) is 4.19. The van der Waals surface area contributed by atoms with E-state index in [-0.39, 0.29) is 10.8 Å². The third kappa shape index (κ3) is 5.03. The van der Waals surface area contributed by atoms with Crippen LogP contribution in [0.4, 0.5) is 5.69 Å². The Labute approximate surface area is 171 Å². The monoisotopic (exact) mass is 409 g/mol. The highest BCUT2D eigenvalue weighted by Gasteiger charge is 2.21. The summed E-state index contributed by atoms with van der Waals surface area (Å²) in [7, 11) is -1.64. The SMILES string of the molecule is CC(Oc1ccc(-c2ccccc2)cc1)C(=O)N(C)c1ccc(S(C)(=O)=O)cc1. The fraction of sp³-hybridized carbons (Fsp3) is 0.174. The molecular weight excluding hydrogens is 386 g/mol. The molecule has 5 nitrogen and oxygen atoms in total. The molecule has 0 saturated carbocycles. The maximum Gasteiger partial charge on any atom is 0.267 e. The molecule has 0 radical (unpaired) electrons. The van der Waals surface area contributed by atoms with E-state index in [2.05, 4.69) is 0 Å². The molecule has 29 heavy (non-hydrogen) atoms. The zero-order valence-corrected chi connectivity index (χ0v) is 17.4. The van der Waals surface area contributed by atoms with E-state index >= 15 is 0 Å². The van der Waals surface area contributed by atoms with Gasteiger partial charge in [0.2, 0.25) is 0 Å². The molecule has 1 atom stereocenters. The van der Waals surface area contributed by atoms with Crippen LogP contribution in [0.25, 0.3) is 11.1 Å². The van der Waals surface area contributed by atoms with Gasteiger partial charge >= 0.3 is 0 Å². The number of amides is 1. The summed E-state index contributed by atoms with van der Waals surface area (Å²) >= 11 is 0. The van der Waals surface area contributed by atoms with E-state index in [1.54, 1.807) is 26.1 Å². The molecule has 0 spiro atoms. The molecule has 1 amide bonds. The Morgan fingerprint density at radius 3 is 1.97 bits per heavy atom. The smallest absolute Gasteiger partial charge is 0.267 e. The van der Waals surface area contributed by atoms with Crippen LogP contribution in [0.15, 0.2) is 83.8 Å². The fourth-order valence-electron chi connectivity index (χ4n) is 2.93. The van der Waals surface area contributed by atoms with Crippen LogP contribution < -0.4 is 9.64 Å². The highest BCUT2D eigenvalue weighted by atomic mass is 32.2. The summed E-state index contributed by atoms with van der Waals surface area (Å²) in [6.07, 6.45) is 0.452. The van der Waals surface area contributed by atoms with E-state index in [1.807, 2.05) is 54.6 Å². The summed E-state index contributed by atoms with van der Waals surface area (Å²) in [5.74, 6) is 0.371. The largest absolute Gasteiger partial charge is 0.481 e. The maximum atomic E-state index is 12.7. The van der Waals surface area contributed by atoms with E-state index in [1.165, 1.54) is 17.0 Å². The number of anilines is 1. The number of benzene rings is 3. The third-order valence-corrected chi connectivity index (χ3v) is 5.73. The van der Waals surface area contributed by atoms with Crippen LogP contribution in [-0.2, 0) is 14.6 Å². The Morgan fingerprint density at radius 2 is 1.41 bits per heavy atom. The minimum Gasteiger partial charge on any atom is -0.481 e. The molecule has 3 aromatic carbocycles. The van der Waals surface area contributed by atoms with Crippen molar-refractivity contribution in [1.29, 1.82) is 0 Å². The van der Waals surface area contributed by atoms with Gasteiger partial charge in [-0.3, -0.25) is 4.79 Å². The molecule has 150 valence electrons. The first-order valence-electron chi connectivity index (χ1n) is 9.15. The second-order valence-electron chi connectivity index (χ2n) is 6.81.